The second kappa shape index (κ2) is 7.74. The summed E-state index contributed by atoms with van der Waals surface area (Å²) >= 11 is 0. The van der Waals surface area contributed by atoms with E-state index in [1.165, 1.54) is 18.4 Å². The predicted octanol–water partition coefficient (Wildman–Crippen LogP) is 4.23. The third-order valence-corrected chi connectivity index (χ3v) is 5.03. The van der Waals surface area contributed by atoms with E-state index in [-0.39, 0.29) is 5.54 Å². The van der Waals surface area contributed by atoms with Gasteiger partial charge < -0.3 is 0 Å². The molecule has 1 aromatic rings. The van der Waals surface area contributed by atoms with Crippen LogP contribution in [0.2, 0.25) is 0 Å². The molecule has 0 aromatic heterocycles. The SMILES string of the molecule is CCN(CC)C1(C(=O)CCCc2ccccc2)CCCC1. The van der Waals surface area contributed by atoms with E-state index in [1.807, 2.05) is 6.07 Å². The molecule has 1 aromatic carbocycles. The molecule has 0 bridgehead atoms. The first kappa shape index (κ1) is 16.2. The van der Waals surface area contributed by atoms with Crippen LogP contribution < -0.4 is 0 Å². The van der Waals surface area contributed by atoms with Gasteiger partial charge in [0.15, 0.2) is 5.78 Å². The number of Topliss-reactive ketones (excluding diaryl/α,β-unsaturated/α-hetero) is 1. The maximum absolute atomic E-state index is 12.9. The van der Waals surface area contributed by atoms with E-state index in [0.717, 1.165) is 45.2 Å². The quantitative estimate of drug-likeness (QED) is 0.713. The van der Waals surface area contributed by atoms with Gasteiger partial charge in [0.1, 0.15) is 0 Å². The van der Waals surface area contributed by atoms with Gasteiger partial charge in [-0.05, 0) is 44.3 Å². The molecule has 1 fully saturated rings. The summed E-state index contributed by atoms with van der Waals surface area (Å²) < 4.78 is 0. The maximum atomic E-state index is 12.9. The smallest absolute Gasteiger partial charge is 0.153 e. The lowest BCUT2D eigenvalue weighted by Gasteiger charge is -2.39. The van der Waals surface area contributed by atoms with E-state index in [1.54, 1.807) is 0 Å². The highest BCUT2D eigenvalue weighted by Gasteiger charge is 2.43. The van der Waals surface area contributed by atoms with Gasteiger partial charge in [-0.1, -0.05) is 57.0 Å². The van der Waals surface area contributed by atoms with Crippen molar-refractivity contribution in [1.29, 1.82) is 0 Å². The third-order valence-electron chi connectivity index (χ3n) is 5.03. The second-order valence-corrected chi connectivity index (χ2v) is 6.17. The van der Waals surface area contributed by atoms with Gasteiger partial charge in [0, 0.05) is 6.42 Å². The summed E-state index contributed by atoms with van der Waals surface area (Å²) in [6.07, 6.45) is 7.28. The molecule has 116 valence electrons. The van der Waals surface area contributed by atoms with Gasteiger partial charge in [-0.3, -0.25) is 9.69 Å². The van der Waals surface area contributed by atoms with E-state index in [0.29, 0.717) is 5.78 Å². The van der Waals surface area contributed by atoms with E-state index in [2.05, 4.69) is 43.0 Å². The predicted molar refractivity (Wildman–Crippen MR) is 88.5 cm³/mol. The number of hydrogen-bond donors (Lipinski definition) is 0. The summed E-state index contributed by atoms with van der Waals surface area (Å²) in [6, 6.07) is 10.5. The summed E-state index contributed by atoms with van der Waals surface area (Å²) in [5, 5.41) is 0. The van der Waals surface area contributed by atoms with E-state index < -0.39 is 0 Å². The van der Waals surface area contributed by atoms with Crippen molar-refractivity contribution in [1.82, 2.24) is 4.90 Å². The molecule has 2 rings (SSSR count). The first-order valence-corrected chi connectivity index (χ1v) is 8.55. The number of ketones is 1. The van der Waals surface area contributed by atoms with Crippen molar-refractivity contribution >= 4 is 5.78 Å². The third kappa shape index (κ3) is 3.74. The number of likely N-dealkylation sites (N-methyl/N-ethyl adjacent to an activating group) is 1. The van der Waals surface area contributed by atoms with Crippen LogP contribution in [0.1, 0.15) is 57.9 Å². The highest BCUT2D eigenvalue weighted by atomic mass is 16.1. The van der Waals surface area contributed by atoms with Gasteiger partial charge in [0.25, 0.3) is 0 Å². The largest absolute Gasteiger partial charge is 0.298 e. The van der Waals surface area contributed by atoms with Crippen molar-refractivity contribution in [3.8, 4) is 0 Å². The fraction of sp³-hybridized carbons (Fsp3) is 0.632. The Labute approximate surface area is 129 Å². The molecule has 0 radical (unpaired) electrons. The summed E-state index contributed by atoms with van der Waals surface area (Å²) in [6.45, 7) is 6.34. The second-order valence-electron chi connectivity index (χ2n) is 6.17. The van der Waals surface area contributed by atoms with Crippen LogP contribution in [0, 0.1) is 0 Å². The molecule has 1 aliphatic rings. The van der Waals surface area contributed by atoms with Crippen LogP contribution in [-0.2, 0) is 11.2 Å². The molecule has 0 amide bonds. The summed E-state index contributed by atoms with van der Waals surface area (Å²) in [4.78, 5) is 15.3. The Bertz CT molecular complexity index is 430. The van der Waals surface area contributed by atoms with Crippen LogP contribution in [0.25, 0.3) is 0 Å². The minimum Gasteiger partial charge on any atom is -0.298 e. The molecule has 1 aliphatic carbocycles. The molecule has 2 nitrogen and oxygen atoms in total. The van der Waals surface area contributed by atoms with Gasteiger partial charge in [-0.15, -0.1) is 0 Å². The molecule has 21 heavy (non-hydrogen) atoms. The molecule has 0 N–H and O–H groups in total. The number of carbonyl (C=O) groups is 1. The average molecular weight is 287 g/mol. The minimum atomic E-state index is -0.139. The lowest BCUT2D eigenvalue weighted by molar-refractivity contribution is -0.131. The maximum Gasteiger partial charge on any atom is 0.153 e. The van der Waals surface area contributed by atoms with Crippen LogP contribution >= 0.6 is 0 Å². The van der Waals surface area contributed by atoms with Crippen molar-refractivity contribution in [3.63, 3.8) is 0 Å². The highest BCUT2D eigenvalue weighted by Crippen LogP contribution is 2.37. The van der Waals surface area contributed by atoms with Gasteiger partial charge >= 0.3 is 0 Å². The lowest BCUT2D eigenvalue weighted by Crippen LogP contribution is -2.52. The molecule has 0 heterocycles. The van der Waals surface area contributed by atoms with Crippen LogP contribution in [0.4, 0.5) is 0 Å². The van der Waals surface area contributed by atoms with Gasteiger partial charge in [-0.2, -0.15) is 0 Å². The van der Waals surface area contributed by atoms with Crippen LogP contribution in [-0.4, -0.2) is 29.3 Å². The van der Waals surface area contributed by atoms with Gasteiger partial charge in [0.2, 0.25) is 0 Å². The van der Waals surface area contributed by atoms with E-state index >= 15 is 0 Å². The first-order chi connectivity index (χ1) is 10.2. The zero-order chi connectivity index (χ0) is 15.1. The van der Waals surface area contributed by atoms with Crippen molar-refractivity contribution in [2.24, 2.45) is 0 Å². The topological polar surface area (TPSA) is 20.3 Å². The molecular formula is C19H29NO. The molecular weight excluding hydrogens is 258 g/mol. The van der Waals surface area contributed by atoms with Gasteiger partial charge in [-0.25, -0.2) is 0 Å². The molecule has 0 atom stereocenters. The fourth-order valence-electron chi connectivity index (χ4n) is 3.89. The number of hydrogen-bond acceptors (Lipinski definition) is 2. The number of carbonyl (C=O) groups excluding carboxylic acids is 1. The normalized spacial score (nSPS) is 17.3. The summed E-state index contributed by atoms with van der Waals surface area (Å²) in [7, 11) is 0. The zero-order valence-electron chi connectivity index (χ0n) is 13.6. The molecule has 0 spiro atoms. The number of rotatable bonds is 8. The van der Waals surface area contributed by atoms with Crippen molar-refractivity contribution in [3.05, 3.63) is 35.9 Å². The molecule has 0 aliphatic heterocycles. The lowest BCUT2D eigenvalue weighted by atomic mass is 9.86. The Morgan fingerprint density at radius 1 is 1.10 bits per heavy atom. The number of benzene rings is 1. The standard InChI is InChI=1S/C19H29NO/c1-3-20(4-2)19(15-8-9-16-19)18(21)14-10-13-17-11-6-5-7-12-17/h5-7,11-12H,3-4,8-10,13-16H2,1-2H3. The van der Waals surface area contributed by atoms with E-state index in [4.69, 9.17) is 0 Å². The van der Waals surface area contributed by atoms with Gasteiger partial charge in [0.05, 0.1) is 5.54 Å². The molecule has 2 heteroatoms. The van der Waals surface area contributed by atoms with Crippen molar-refractivity contribution in [2.45, 2.75) is 64.3 Å². The minimum absolute atomic E-state index is 0.139. The summed E-state index contributed by atoms with van der Waals surface area (Å²) in [5.41, 5.74) is 1.20. The molecule has 1 saturated carbocycles. The Balaban J connectivity index is 1.93. The zero-order valence-corrected chi connectivity index (χ0v) is 13.6. The van der Waals surface area contributed by atoms with Crippen LogP contribution in [0.15, 0.2) is 30.3 Å². The Morgan fingerprint density at radius 3 is 2.29 bits per heavy atom. The van der Waals surface area contributed by atoms with Crippen molar-refractivity contribution in [2.75, 3.05) is 13.1 Å². The Morgan fingerprint density at radius 2 is 1.71 bits per heavy atom. The van der Waals surface area contributed by atoms with Crippen molar-refractivity contribution < 1.29 is 4.79 Å². The summed E-state index contributed by atoms with van der Waals surface area (Å²) in [5.74, 6) is 0.486. The Hall–Kier alpha value is -1.15. The van der Waals surface area contributed by atoms with Crippen LogP contribution in [0.3, 0.4) is 0 Å². The molecule has 0 unspecified atom stereocenters. The fourth-order valence-corrected chi connectivity index (χ4v) is 3.89. The Kier molecular flexibility index (Phi) is 5.98. The van der Waals surface area contributed by atoms with E-state index in [9.17, 15) is 4.79 Å². The first-order valence-electron chi connectivity index (χ1n) is 8.55. The highest BCUT2D eigenvalue weighted by molar-refractivity contribution is 5.88. The molecule has 0 saturated heterocycles. The monoisotopic (exact) mass is 287 g/mol. The van der Waals surface area contributed by atoms with Crippen LogP contribution in [0.5, 0.6) is 0 Å². The number of aryl methyl sites for hydroxylation is 1. The number of nitrogens with zero attached hydrogens (tertiary/aromatic N) is 1. The average Bonchev–Trinajstić information content (AvgIpc) is 3.00.